The molecule has 6 aromatic rings. The summed E-state index contributed by atoms with van der Waals surface area (Å²) < 4.78 is 4.80. The summed E-state index contributed by atoms with van der Waals surface area (Å²) in [6, 6.07) is 30.7. The van der Waals surface area contributed by atoms with Crippen LogP contribution in [0.25, 0.3) is 22.1 Å². The number of methoxy groups -OCH3 is 1. The van der Waals surface area contributed by atoms with Crippen LogP contribution in [0, 0.1) is 0 Å². The number of amides is 4. The lowest BCUT2D eigenvalue weighted by atomic mass is 9.99. The van der Waals surface area contributed by atoms with E-state index < -0.39 is 6.09 Å². The summed E-state index contributed by atoms with van der Waals surface area (Å²) in [5.41, 5.74) is 9.88. The van der Waals surface area contributed by atoms with Crippen LogP contribution in [0.4, 0.5) is 15.3 Å². The number of urea groups is 1. The highest BCUT2D eigenvalue weighted by Crippen LogP contribution is 2.36. The van der Waals surface area contributed by atoms with Gasteiger partial charge in [0.1, 0.15) is 11.6 Å². The van der Waals surface area contributed by atoms with Gasteiger partial charge in [0.25, 0.3) is 0 Å². The van der Waals surface area contributed by atoms with Gasteiger partial charge in [-0.15, -0.1) is 0 Å². The average molecular weight is 711 g/mol. The van der Waals surface area contributed by atoms with Crippen molar-refractivity contribution in [3.63, 3.8) is 0 Å². The molecule has 4 heterocycles. The SMILES string of the molecule is COC(=O)NN(C(=O)N1CCC[C@H]1c1nc2cc(Cc3ccc4[nH]c([C@@H]5CCCN5C(=O)[C@H](C)c5ccccc5)nc4c3)ccc2[nH]1)c1ccccc1. The normalized spacial score (nSPS) is 17.7. The Balaban J connectivity index is 0.981. The fraction of sp³-hybridized carbons (Fsp3) is 0.293. The number of ether oxygens (including phenoxy) is 1. The zero-order valence-corrected chi connectivity index (χ0v) is 29.8. The minimum atomic E-state index is -0.734. The molecule has 0 radical (unpaired) electrons. The molecule has 3 atom stereocenters. The second-order valence-electron chi connectivity index (χ2n) is 13.9. The number of likely N-dealkylation sites (tertiary alicyclic amines) is 2. The van der Waals surface area contributed by atoms with E-state index in [-0.39, 0.29) is 29.9 Å². The largest absolute Gasteiger partial charge is 0.452 e. The van der Waals surface area contributed by atoms with Gasteiger partial charge in [0.15, 0.2) is 0 Å². The van der Waals surface area contributed by atoms with Crippen molar-refractivity contribution in [1.82, 2.24) is 35.2 Å². The number of hydrogen-bond acceptors (Lipinski definition) is 6. The first kappa shape index (κ1) is 33.9. The number of aromatic amines is 2. The van der Waals surface area contributed by atoms with Crippen molar-refractivity contribution in [1.29, 1.82) is 0 Å². The predicted molar refractivity (Wildman–Crippen MR) is 202 cm³/mol. The van der Waals surface area contributed by atoms with E-state index in [9.17, 15) is 14.4 Å². The number of fused-ring (bicyclic) bond motifs is 2. The highest BCUT2D eigenvalue weighted by molar-refractivity contribution is 5.94. The minimum absolute atomic E-state index is 0.0719. The number of carbonyl (C=O) groups is 3. The Labute approximate surface area is 307 Å². The molecular formula is C41H42N8O4. The van der Waals surface area contributed by atoms with Crippen LogP contribution in [-0.2, 0) is 16.0 Å². The number of para-hydroxylation sites is 1. The Morgan fingerprint density at radius 3 is 1.92 bits per heavy atom. The molecule has 0 saturated carbocycles. The van der Waals surface area contributed by atoms with Crippen LogP contribution in [0.3, 0.4) is 0 Å². The van der Waals surface area contributed by atoms with Gasteiger partial charge in [0.2, 0.25) is 5.91 Å². The zero-order valence-electron chi connectivity index (χ0n) is 29.8. The summed E-state index contributed by atoms with van der Waals surface area (Å²) in [5, 5.41) is 1.22. The molecule has 4 amide bonds. The Bertz CT molecular complexity index is 2270. The number of carbonyl (C=O) groups excluding carboxylic acids is 3. The van der Waals surface area contributed by atoms with Gasteiger partial charge < -0.3 is 24.5 Å². The topological polar surface area (TPSA) is 140 Å². The number of hydrazine groups is 1. The fourth-order valence-electron chi connectivity index (χ4n) is 7.71. The van der Waals surface area contributed by atoms with Crippen LogP contribution in [0.2, 0.25) is 0 Å². The van der Waals surface area contributed by atoms with Gasteiger partial charge in [-0.2, -0.15) is 5.01 Å². The lowest BCUT2D eigenvalue weighted by Gasteiger charge is -2.30. The number of nitrogens with zero attached hydrogens (tertiary/aromatic N) is 5. The molecule has 2 aliphatic heterocycles. The van der Waals surface area contributed by atoms with Crippen molar-refractivity contribution in [2.45, 2.75) is 57.0 Å². The first-order chi connectivity index (χ1) is 25.9. The van der Waals surface area contributed by atoms with Gasteiger partial charge in [-0.3, -0.25) is 4.79 Å². The van der Waals surface area contributed by atoms with Gasteiger partial charge in [-0.25, -0.2) is 25.0 Å². The van der Waals surface area contributed by atoms with Crippen LogP contribution in [0.5, 0.6) is 0 Å². The third kappa shape index (κ3) is 6.79. The average Bonchev–Trinajstić information content (AvgIpc) is 4.02. The van der Waals surface area contributed by atoms with Gasteiger partial charge in [0.05, 0.1) is 52.9 Å². The molecule has 8 rings (SSSR count). The van der Waals surface area contributed by atoms with Gasteiger partial charge in [0, 0.05) is 13.1 Å². The van der Waals surface area contributed by atoms with E-state index in [4.69, 9.17) is 14.7 Å². The van der Waals surface area contributed by atoms with Crippen molar-refractivity contribution in [3.8, 4) is 0 Å². The molecule has 2 aromatic heterocycles. The highest BCUT2D eigenvalue weighted by Gasteiger charge is 2.37. The van der Waals surface area contributed by atoms with Crippen molar-refractivity contribution in [2.24, 2.45) is 0 Å². The Kier molecular flexibility index (Phi) is 9.26. The van der Waals surface area contributed by atoms with Crippen LogP contribution in [0.15, 0.2) is 97.1 Å². The van der Waals surface area contributed by atoms with Crippen molar-refractivity contribution >= 4 is 45.8 Å². The maximum Gasteiger partial charge on any atom is 0.426 e. The van der Waals surface area contributed by atoms with E-state index in [0.717, 1.165) is 76.8 Å². The monoisotopic (exact) mass is 710 g/mol. The van der Waals surface area contributed by atoms with Crippen molar-refractivity contribution in [3.05, 3.63) is 125 Å². The fourth-order valence-corrected chi connectivity index (χ4v) is 7.71. The van der Waals surface area contributed by atoms with E-state index in [1.807, 2.05) is 54.3 Å². The summed E-state index contributed by atoms with van der Waals surface area (Å²) in [4.78, 5) is 60.3. The van der Waals surface area contributed by atoms with Crippen molar-refractivity contribution < 1.29 is 19.1 Å². The molecule has 2 aliphatic rings. The summed E-state index contributed by atoms with van der Waals surface area (Å²) >= 11 is 0. The molecule has 53 heavy (non-hydrogen) atoms. The van der Waals surface area contributed by atoms with Crippen LogP contribution < -0.4 is 10.4 Å². The highest BCUT2D eigenvalue weighted by atomic mass is 16.5. The number of imidazole rings is 2. The van der Waals surface area contributed by atoms with E-state index >= 15 is 0 Å². The van der Waals surface area contributed by atoms with Gasteiger partial charge in [-0.05, 0) is 92.1 Å². The van der Waals surface area contributed by atoms with E-state index in [1.165, 1.54) is 12.1 Å². The molecule has 2 saturated heterocycles. The van der Waals surface area contributed by atoms with E-state index in [2.05, 4.69) is 45.7 Å². The third-order valence-electron chi connectivity index (χ3n) is 10.5. The molecule has 0 aliphatic carbocycles. The smallest absolute Gasteiger partial charge is 0.426 e. The third-order valence-corrected chi connectivity index (χ3v) is 10.5. The Hall–Kier alpha value is -6.17. The first-order valence-corrected chi connectivity index (χ1v) is 18.2. The summed E-state index contributed by atoms with van der Waals surface area (Å²) in [7, 11) is 1.26. The second kappa shape index (κ2) is 14.5. The number of aromatic nitrogens is 4. The molecule has 12 nitrogen and oxygen atoms in total. The Morgan fingerprint density at radius 2 is 1.34 bits per heavy atom. The predicted octanol–water partition coefficient (Wildman–Crippen LogP) is 7.53. The maximum absolute atomic E-state index is 13.9. The molecule has 12 heteroatoms. The molecule has 3 N–H and O–H groups in total. The molecule has 270 valence electrons. The molecule has 0 bridgehead atoms. The van der Waals surface area contributed by atoms with Crippen LogP contribution in [-0.4, -0.2) is 68.0 Å². The van der Waals surface area contributed by atoms with Crippen molar-refractivity contribution in [2.75, 3.05) is 25.2 Å². The number of H-pyrrole nitrogens is 2. The molecule has 2 fully saturated rings. The number of rotatable bonds is 7. The second-order valence-corrected chi connectivity index (χ2v) is 13.9. The standard InChI is InChI=1S/C41H42N8O4/c1-26(29-11-5-3-6-12-29)39(50)47-21-9-15-35(47)37-42-31-19-17-27(24-33(31)44-37)23-28-18-20-32-34(25-28)45-38(43-32)36-16-10-22-48(36)41(52)49(46-40(51)53-2)30-13-7-4-8-14-30/h3-8,11-14,17-20,24-26,35-36H,9-10,15-16,21-23H2,1-2H3,(H,42,44)(H,43,45)(H,46,51)/t26-,35+,36+/m1/s1. The number of nitrogens with one attached hydrogen (secondary N) is 3. The van der Waals surface area contributed by atoms with Crippen LogP contribution in [0.1, 0.15) is 78.9 Å². The summed E-state index contributed by atoms with van der Waals surface area (Å²) in [6.45, 7) is 3.24. The van der Waals surface area contributed by atoms with E-state index in [0.29, 0.717) is 24.5 Å². The maximum atomic E-state index is 13.9. The van der Waals surface area contributed by atoms with E-state index in [1.54, 1.807) is 29.2 Å². The lowest BCUT2D eigenvalue weighted by molar-refractivity contribution is -0.133. The molecule has 0 spiro atoms. The number of hydrogen-bond donors (Lipinski definition) is 3. The Morgan fingerprint density at radius 1 is 0.792 bits per heavy atom. The summed E-state index contributed by atoms with van der Waals surface area (Å²) in [5.74, 6) is 1.46. The molecule has 4 aromatic carbocycles. The first-order valence-electron chi connectivity index (χ1n) is 18.2. The number of anilines is 1. The van der Waals surface area contributed by atoms with Crippen LogP contribution >= 0.6 is 0 Å². The summed E-state index contributed by atoms with van der Waals surface area (Å²) in [6.07, 6.45) is 3.34. The quantitative estimate of drug-likeness (QED) is 0.146. The minimum Gasteiger partial charge on any atom is -0.452 e. The van der Waals surface area contributed by atoms with Gasteiger partial charge in [-0.1, -0.05) is 60.7 Å². The zero-order chi connectivity index (χ0) is 36.5. The van der Waals surface area contributed by atoms with Gasteiger partial charge >= 0.3 is 12.1 Å². The molecule has 0 unspecified atom stereocenters. The lowest BCUT2D eigenvalue weighted by Crippen LogP contribution is -2.52. The number of benzene rings is 4. The molecular weight excluding hydrogens is 669 g/mol.